The fraction of sp³-hybridized carbons (Fsp3) is 0.857. The summed E-state index contributed by atoms with van der Waals surface area (Å²) in [5.41, 5.74) is 4.54. The predicted octanol–water partition coefficient (Wildman–Crippen LogP) is 9.00. The van der Waals surface area contributed by atoms with Gasteiger partial charge in [0, 0.05) is 11.8 Å². The molecule has 0 aromatic heterocycles. The van der Waals surface area contributed by atoms with E-state index < -0.39 is 29.0 Å². The van der Waals surface area contributed by atoms with Crippen LogP contribution >= 0.6 is 0 Å². The molecule has 5 rings (SSSR count). The third-order valence-electron chi connectivity index (χ3n) is 15.8. The smallest absolute Gasteiger partial charge is 0.426 e. The van der Waals surface area contributed by atoms with Crippen LogP contribution in [0.4, 0.5) is 4.79 Å². The first-order valence-corrected chi connectivity index (χ1v) is 19.7. The van der Waals surface area contributed by atoms with Gasteiger partial charge in [-0.3, -0.25) is 19.8 Å². The summed E-state index contributed by atoms with van der Waals surface area (Å²) < 4.78 is 11.5. The second kappa shape index (κ2) is 13.1. The highest BCUT2D eigenvalue weighted by molar-refractivity contribution is 5.81. The van der Waals surface area contributed by atoms with E-state index in [1.165, 1.54) is 5.57 Å². The molecule has 5 aliphatic carbocycles. The van der Waals surface area contributed by atoms with Gasteiger partial charge in [0.2, 0.25) is 5.91 Å². The molecular weight excluding hydrogens is 644 g/mol. The molecule has 288 valence electrons. The number of carboxylic acid groups (broad SMARTS) is 1. The maximum Gasteiger partial charge on any atom is 0.426 e. The van der Waals surface area contributed by atoms with Gasteiger partial charge in [-0.25, -0.2) is 10.2 Å². The molecular formula is C42H68N2O7. The van der Waals surface area contributed by atoms with Crippen molar-refractivity contribution < 1.29 is 33.8 Å². The molecule has 0 radical (unpaired) electrons. The second-order valence-corrected chi connectivity index (χ2v) is 20.6. The molecule has 9 nitrogen and oxygen atoms in total. The number of ether oxygens (including phenoxy) is 2. The zero-order chi connectivity index (χ0) is 38.2. The van der Waals surface area contributed by atoms with Gasteiger partial charge in [0.15, 0.2) is 0 Å². The van der Waals surface area contributed by atoms with Gasteiger partial charge in [-0.1, -0.05) is 46.8 Å². The number of amides is 2. The number of rotatable bonds is 7. The van der Waals surface area contributed by atoms with E-state index in [-0.39, 0.29) is 45.5 Å². The van der Waals surface area contributed by atoms with Crippen molar-refractivity contribution in [3.05, 3.63) is 12.2 Å². The summed E-state index contributed by atoms with van der Waals surface area (Å²) >= 11 is 0. The summed E-state index contributed by atoms with van der Waals surface area (Å²) in [6, 6.07) is 0. The Morgan fingerprint density at radius 1 is 0.804 bits per heavy atom. The minimum atomic E-state index is -1.16. The number of esters is 1. The van der Waals surface area contributed by atoms with Gasteiger partial charge in [0.05, 0.1) is 11.8 Å². The third kappa shape index (κ3) is 6.75. The van der Waals surface area contributed by atoms with E-state index >= 15 is 0 Å². The van der Waals surface area contributed by atoms with Gasteiger partial charge < -0.3 is 14.6 Å². The molecule has 51 heavy (non-hydrogen) atoms. The number of hydrogen-bond donors (Lipinski definition) is 3. The molecule has 10 atom stereocenters. The van der Waals surface area contributed by atoms with Crippen molar-refractivity contribution in [1.29, 1.82) is 0 Å². The third-order valence-corrected chi connectivity index (χ3v) is 15.8. The van der Waals surface area contributed by atoms with Crippen LogP contribution in [0, 0.1) is 62.1 Å². The number of hydrogen-bond acceptors (Lipinski definition) is 6. The Hall–Kier alpha value is -2.58. The minimum Gasteiger partial charge on any atom is -0.481 e. The Morgan fingerprint density at radius 2 is 1.47 bits per heavy atom. The van der Waals surface area contributed by atoms with Crippen LogP contribution in [0.25, 0.3) is 0 Å². The number of aliphatic carboxylic acids is 1. The standard InChI is InChI=1S/C42H68N2O7/c1-25(2)26-15-20-42(23-31(45)43-44-35(49)51-36(3,4)5)22-21-40(11)27(33(26)42)13-14-29-39(10)18-17-30(50-32(46)24-37(6,7)34(47)48)38(8,9)28(39)16-19-41(29,40)12/h26-30,33H,1,13-24H2,2-12H3,(H,43,45)(H,44,49)(H,47,48)/t26-,27+,28-,29+,30-,33+,39-,40+,41+,42+/m0/s1. The monoisotopic (exact) mass is 713 g/mol. The Morgan fingerprint density at radius 3 is 2.08 bits per heavy atom. The van der Waals surface area contributed by atoms with Gasteiger partial charge in [-0.15, -0.1) is 0 Å². The lowest BCUT2D eigenvalue weighted by Gasteiger charge is -2.73. The maximum atomic E-state index is 13.5. The van der Waals surface area contributed by atoms with Gasteiger partial charge in [-0.05, 0) is 157 Å². The number of allylic oxidation sites excluding steroid dienone is 1. The first-order chi connectivity index (χ1) is 23.3. The molecule has 0 aromatic carbocycles. The number of fused-ring (bicyclic) bond motifs is 7. The minimum absolute atomic E-state index is 0.0961. The fourth-order valence-electron chi connectivity index (χ4n) is 13.2. The van der Waals surface area contributed by atoms with Crippen LogP contribution < -0.4 is 10.9 Å². The summed E-state index contributed by atoms with van der Waals surface area (Å²) in [6.07, 6.45) is 9.78. The Kier molecular flexibility index (Phi) is 10.2. The van der Waals surface area contributed by atoms with E-state index in [9.17, 15) is 24.3 Å². The first-order valence-electron chi connectivity index (χ1n) is 19.7. The topological polar surface area (TPSA) is 131 Å². The summed E-state index contributed by atoms with van der Waals surface area (Å²) in [6.45, 7) is 27.5. The van der Waals surface area contributed by atoms with Gasteiger partial charge in [-0.2, -0.15) is 0 Å². The molecule has 5 aliphatic rings. The number of carbonyl (C=O) groups is 4. The molecule has 0 heterocycles. The lowest BCUT2D eigenvalue weighted by molar-refractivity contribution is -0.250. The largest absolute Gasteiger partial charge is 0.481 e. The van der Waals surface area contributed by atoms with E-state index in [1.54, 1.807) is 34.6 Å². The lowest BCUT2D eigenvalue weighted by atomic mass is 9.32. The average molecular weight is 713 g/mol. The van der Waals surface area contributed by atoms with Crippen LogP contribution in [0.1, 0.15) is 153 Å². The zero-order valence-corrected chi connectivity index (χ0v) is 33.6. The molecule has 0 unspecified atom stereocenters. The molecule has 0 aromatic rings. The number of carboxylic acids is 1. The summed E-state index contributed by atoms with van der Waals surface area (Å²) in [4.78, 5) is 50.6. The Balaban J connectivity index is 1.36. The SMILES string of the molecule is C=C(C)[C@@H]1CC[C@]2(CC(=O)NNC(=O)OC(C)(C)C)CC[C@]3(C)[C@H](CC[C@@H]4[C@@]5(C)CC[C@H](OC(=O)CC(C)(C)C(=O)O)C(C)(C)[C@@H]5CC[C@]43C)[C@@H]12. The van der Waals surface area contributed by atoms with Crippen molar-refractivity contribution in [1.82, 2.24) is 10.9 Å². The average Bonchev–Trinajstić information content (AvgIpc) is 3.36. The van der Waals surface area contributed by atoms with Crippen molar-refractivity contribution in [3.8, 4) is 0 Å². The Bertz CT molecular complexity index is 1430. The van der Waals surface area contributed by atoms with Gasteiger partial charge >= 0.3 is 18.0 Å². The van der Waals surface area contributed by atoms with E-state index in [4.69, 9.17) is 9.47 Å². The maximum absolute atomic E-state index is 13.5. The number of hydrazine groups is 1. The van der Waals surface area contributed by atoms with Crippen LogP contribution in [-0.2, 0) is 23.9 Å². The molecule has 5 fully saturated rings. The lowest BCUT2D eigenvalue weighted by Crippen LogP contribution is -2.67. The molecule has 0 spiro atoms. The molecule has 2 amide bonds. The quantitative estimate of drug-likeness (QED) is 0.136. The number of carbonyl (C=O) groups excluding carboxylic acids is 3. The highest BCUT2D eigenvalue weighted by Crippen LogP contribution is 2.78. The number of nitrogens with one attached hydrogen (secondary N) is 2. The highest BCUT2D eigenvalue weighted by Gasteiger charge is 2.71. The van der Waals surface area contributed by atoms with Crippen molar-refractivity contribution in [2.75, 3.05) is 0 Å². The summed E-state index contributed by atoms with van der Waals surface area (Å²) in [7, 11) is 0. The van der Waals surface area contributed by atoms with Crippen LogP contribution in [0.15, 0.2) is 12.2 Å². The van der Waals surface area contributed by atoms with Crippen molar-refractivity contribution in [2.45, 2.75) is 165 Å². The Labute approximate surface area is 307 Å². The molecule has 0 bridgehead atoms. The van der Waals surface area contributed by atoms with E-state index in [2.05, 4.69) is 59.0 Å². The van der Waals surface area contributed by atoms with Gasteiger partial charge in [0.1, 0.15) is 11.7 Å². The van der Waals surface area contributed by atoms with Crippen molar-refractivity contribution >= 4 is 23.9 Å². The summed E-state index contributed by atoms with van der Waals surface area (Å²) in [5.74, 6) is 0.584. The molecule has 0 aliphatic heterocycles. The van der Waals surface area contributed by atoms with Gasteiger partial charge in [0.25, 0.3) is 0 Å². The van der Waals surface area contributed by atoms with Crippen LogP contribution in [0.3, 0.4) is 0 Å². The van der Waals surface area contributed by atoms with Crippen molar-refractivity contribution in [2.24, 2.45) is 62.1 Å². The van der Waals surface area contributed by atoms with Crippen LogP contribution in [-0.4, -0.2) is 40.8 Å². The van der Waals surface area contributed by atoms with E-state index in [0.29, 0.717) is 36.0 Å². The van der Waals surface area contributed by atoms with E-state index in [1.807, 2.05) is 0 Å². The van der Waals surface area contributed by atoms with Crippen LogP contribution in [0.2, 0.25) is 0 Å². The first kappa shape index (κ1) is 39.6. The molecule has 5 saturated carbocycles. The second-order valence-electron chi connectivity index (χ2n) is 20.6. The fourth-order valence-corrected chi connectivity index (χ4v) is 13.2. The van der Waals surface area contributed by atoms with Crippen molar-refractivity contribution in [3.63, 3.8) is 0 Å². The zero-order valence-electron chi connectivity index (χ0n) is 33.6. The normalized spacial score (nSPS) is 40.0. The molecule has 0 saturated heterocycles. The molecule has 9 heteroatoms. The predicted molar refractivity (Wildman–Crippen MR) is 197 cm³/mol. The molecule has 3 N–H and O–H groups in total. The van der Waals surface area contributed by atoms with Crippen LogP contribution in [0.5, 0.6) is 0 Å². The summed E-state index contributed by atoms with van der Waals surface area (Å²) in [5, 5.41) is 9.59. The highest BCUT2D eigenvalue weighted by atomic mass is 16.6. The van der Waals surface area contributed by atoms with E-state index in [0.717, 1.165) is 64.2 Å².